The van der Waals surface area contributed by atoms with E-state index in [1.54, 1.807) is 0 Å². The maximum absolute atomic E-state index is 15.4. The molecular formula is C39H23BF20OS. The maximum Gasteiger partial charge on any atom is 0.200 e. The summed E-state index contributed by atoms with van der Waals surface area (Å²) in [6.45, 7) is 0. The maximum atomic E-state index is 15.4. The van der Waals surface area contributed by atoms with Crippen LogP contribution in [0.1, 0.15) is 37.7 Å². The van der Waals surface area contributed by atoms with E-state index in [-0.39, 0.29) is 0 Å². The summed E-state index contributed by atoms with van der Waals surface area (Å²) in [5.41, 5.74) is -12.9. The van der Waals surface area contributed by atoms with Crippen molar-refractivity contribution in [2.75, 3.05) is 12.5 Å². The van der Waals surface area contributed by atoms with Crippen molar-refractivity contribution in [1.29, 1.82) is 0 Å². The highest BCUT2D eigenvalue weighted by Crippen LogP contribution is 2.31. The standard InChI is InChI=1S/C24BF20.C15H23OS/c26-5-1(6(27)14(35)21(42)13(5)34)25(2-7(28)15(36)22(43)16(37)8(2)29,3-9(30)17(38)23(44)18(39)10(3)31)4-11(32)19(40)24(45)20(41)12(4)33;1-17(2)12-13-8-10-15(11-9-13)16-14-6-4-3-5-7-14/h;8-11,14H,3-7,12H2,1-2H3/q-1;+1. The van der Waals surface area contributed by atoms with Crippen LogP contribution >= 0.6 is 0 Å². The summed E-state index contributed by atoms with van der Waals surface area (Å²) in [7, 11) is 0.480. The zero-order valence-electron chi connectivity index (χ0n) is 31.1. The van der Waals surface area contributed by atoms with Gasteiger partial charge in [-0.2, -0.15) is 0 Å². The summed E-state index contributed by atoms with van der Waals surface area (Å²) in [6.07, 6.45) is 4.32. The molecule has 1 aliphatic rings. The molecule has 1 aliphatic carbocycles. The molecular weight excluding hydrogens is 907 g/mol. The molecule has 0 bridgehead atoms. The van der Waals surface area contributed by atoms with Crippen molar-refractivity contribution in [2.24, 2.45) is 0 Å². The van der Waals surface area contributed by atoms with Crippen LogP contribution in [0.5, 0.6) is 5.75 Å². The lowest BCUT2D eigenvalue weighted by Gasteiger charge is -2.44. The first-order chi connectivity index (χ1) is 28.9. The smallest absolute Gasteiger partial charge is 0.200 e. The minimum Gasteiger partial charge on any atom is -0.490 e. The third-order valence-corrected chi connectivity index (χ3v) is 10.9. The van der Waals surface area contributed by atoms with Gasteiger partial charge in [0.05, 0.1) is 18.6 Å². The minimum atomic E-state index is -7.22. The summed E-state index contributed by atoms with van der Waals surface area (Å²) in [5.74, 6) is -69.2. The molecule has 5 aromatic carbocycles. The molecule has 6 rings (SSSR count). The van der Waals surface area contributed by atoms with E-state index in [9.17, 15) is 52.7 Å². The predicted octanol–water partition coefficient (Wildman–Crippen LogP) is 9.62. The molecule has 0 heterocycles. The van der Waals surface area contributed by atoms with E-state index in [0.717, 1.165) is 5.75 Å². The van der Waals surface area contributed by atoms with Crippen molar-refractivity contribution < 1.29 is 92.5 Å². The average molecular weight is 930 g/mol. The Balaban J connectivity index is 0.000000355. The Morgan fingerprint density at radius 1 is 0.387 bits per heavy atom. The number of ether oxygens (including phenoxy) is 1. The van der Waals surface area contributed by atoms with Gasteiger partial charge in [-0.1, -0.05) is 18.6 Å². The summed E-state index contributed by atoms with van der Waals surface area (Å²) in [4.78, 5) is 0. The van der Waals surface area contributed by atoms with Crippen LogP contribution in [0.3, 0.4) is 0 Å². The molecule has 0 N–H and O–H groups in total. The molecule has 334 valence electrons. The zero-order chi connectivity index (χ0) is 46.4. The van der Waals surface area contributed by atoms with Crippen LogP contribution in [0, 0.1) is 116 Å². The van der Waals surface area contributed by atoms with Crippen LogP contribution in [0.2, 0.25) is 0 Å². The molecule has 1 nitrogen and oxygen atoms in total. The molecule has 0 spiro atoms. The Morgan fingerprint density at radius 3 is 0.871 bits per heavy atom. The molecule has 0 saturated heterocycles. The van der Waals surface area contributed by atoms with Gasteiger partial charge in [-0.3, -0.25) is 0 Å². The average Bonchev–Trinajstić information content (AvgIpc) is 3.24. The Hall–Kier alpha value is -5.09. The number of hydrogen-bond donors (Lipinski definition) is 0. The van der Waals surface area contributed by atoms with E-state index in [1.807, 2.05) is 0 Å². The second-order valence-electron chi connectivity index (χ2n) is 14.0. The van der Waals surface area contributed by atoms with Gasteiger partial charge in [-0.05, 0) is 48.7 Å². The predicted molar refractivity (Wildman–Crippen MR) is 186 cm³/mol. The lowest BCUT2D eigenvalue weighted by atomic mass is 9.12. The van der Waals surface area contributed by atoms with E-state index in [0.29, 0.717) is 17.0 Å². The Labute approximate surface area is 339 Å². The summed E-state index contributed by atoms with van der Waals surface area (Å²) >= 11 is 0. The highest BCUT2D eigenvalue weighted by molar-refractivity contribution is 7.94. The molecule has 0 amide bonds. The molecule has 1 fully saturated rings. The molecule has 23 heteroatoms. The quantitative estimate of drug-likeness (QED) is 0.0496. The number of rotatable bonds is 8. The van der Waals surface area contributed by atoms with E-state index in [2.05, 4.69) is 36.8 Å². The highest BCUT2D eigenvalue weighted by atomic mass is 32.2. The highest BCUT2D eigenvalue weighted by Gasteiger charge is 2.52. The van der Waals surface area contributed by atoms with Crippen LogP contribution in [0.25, 0.3) is 0 Å². The Bertz CT molecular complexity index is 2160. The van der Waals surface area contributed by atoms with E-state index >= 15 is 35.1 Å². The molecule has 0 aromatic heterocycles. The van der Waals surface area contributed by atoms with Crippen LogP contribution in [-0.4, -0.2) is 24.8 Å². The molecule has 0 unspecified atom stereocenters. The second kappa shape index (κ2) is 18.3. The fraction of sp³-hybridized carbons (Fsp3) is 0.231. The topological polar surface area (TPSA) is 9.23 Å². The fourth-order valence-corrected chi connectivity index (χ4v) is 8.11. The lowest BCUT2D eigenvalue weighted by Crippen LogP contribution is -2.81. The van der Waals surface area contributed by atoms with E-state index < -0.39 is 144 Å². The summed E-state index contributed by atoms with van der Waals surface area (Å²) in [6, 6.07) is 8.70. The van der Waals surface area contributed by atoms with Gasteiger partial charge < -0.3 is 4.74 Å². The van der Waals surface area contributed by atoms with Crippen LogP contribution in [0.15, 0.2) is 24.3 Å². The van der Waals surface area contributed by atoms with Gasteiger partial charge in [-0.25, -0.2) is 87.8 Å². The van der Waals surface area contributed by atoms with Crippen molar-refractivity contribution in [3.05, 3.63) is 146 Å². The third-order valence-electron chi connectivity index (χ3n) is 9.94. The largest absolute Gasteiger partial charge is 0.490 e. The van der Waals surface area contributed by atoms with Crippen molar-refractivity contribution in [2.45, 2.75) is 44.0 Å². The van der Waals surface area contributed by atoms with Crippen LogP contribution in [-0.2, 0) is 16.6 Å². The van der Waals surface area contributed by atoms with Gasteiger partial charge in [0, 0.05) is 5.56 Å². The molecule has 0 radical (unpaired) electrons. The second-order valence-corrected chi connectivity index (χ2v) is 16.2. The van der Waals surface area contributed by atoms with Gasteiger partial charge in [-0.15, -0.1) is 21.9 Å². The number of benzene rings is 5. The lowest BCUT2D eigenvalue weighted by molar-refractivity contribution is 0.155. The first-order valence-corrected chi connectivity index (χ1v) is 19.7. The molecule has 62 heavy (non-hydrogen) atoms. The van der Waals surface area contributed by atoms with Gasteiger partial charge in [0.1, 0.15) is 64.2 Å². The van der Waals surface area contributed by atoms with Gasteiger partial charge in [0.25, 0.3) is 0 Å². The zero-order valence-corrected chi connectivity index (χ0v) is 31.9. The van der Waals surface area contributed by atoms with Crippen molar-refractivity contribution in [1.82, 2.24) is 0 Å². The fourth-order valence-electron chi connectivity index (χ4n) is 7.25. The first-order valence-electron chi connectivity index (χ1n) is 17.5. The third kappa shape index (κ3) is 8.04. The van der Waals surface area contributed by atoms with Crippen LogP contribution in [0.4, 0.5) is 87.8 Å². The SMILES string of the molecule is C[S+](C)Cc1ccc(OC2CCCCC2)cc1.Fc1c(F)c(F)c([B-](c2c(F)c(F)c(F)c(F)c2F)(c2c(F)c(F)c(F)c(F)c2F)c2c(F)c(F)c(F)c(F)c2F)c(F)c1F. The molecule has 5 aromatic rings. The minimum absolute atomic E-state index is 0.460. The first kappa shape index (κ1) is 48.0. The van der Waals surface area contributed by atoms with Gasteiger partial charge >= 0.3 is 0 Å². The monoisotopic (exact) mass is 930 g/mol. The Morgan fingerprint density at radius 2 is 0.629 bits per heavy atom. The van der Waals surface area contributed by atoms with Gasteiger partial charge in [0.15, 0.2) is 69.8 Å². The van der Waals surface area contributed by atoms with E-state index in [1.165, 1.54) is 43.4 Å². The molecule has 0 atom stereocenters. The number of halogens is 20. The molecule has 1 saturated carbocycles. The van der Waals surface area contributed by atoms with Crippen LogP contribution < -0.4 is 26.6 Å². The van der Waals surface area contributed by atoms with E-state index in [4.69, 9.17) is 4.74 Å². The summed E-state index contributed by atoms with van der Waals surface area (Å²) in [5, 5.41) is 0. The number of hydrogen-bond acceptors (Lipinski definition) is 1. The van der Waals surface area contributed by atoms with Crippen molar-refractivity contribution in [3.63, 3.8) is 0 Å². The van der Waals surface area contributed by atoms with Crippen molar-refractivity contribution in [3.8, 4) is 5.75 Å². The van der Waals surface area contributed by atoms with Gasteiger partial charge in [0.2, 0.25) is 0 Å². The molecule has 0 aliphatic heterocycles. The summed E-state index contributed by atoms with van der Waals surface area (Å²) < 4.78 is 300. The van der Waals surface area contributed by atoms with Crippen molar-refractivity contribution >= 4 is 38.9 Å². The Kier molecular flexibility index (Phi) is 14.2. The normalized spacial score (nSPS) is 13.5.